The number of carboxylic acid groups (broad SMARTS) is 1. The summed E-state index contributed by atoms with van der Waals surface area (Å²) in [4.78, 5) is 24.7. The van der Waals surface area contributed by atoms with Gasteiger partial charge in [-0.1, -0.05) is 6.07 Å². The first kappa shape index (κ1) is 17.1. The molecule has 6 heteroatoms. The Morgan fingerprint density at radius 3 is 2.70 bits per heavy atom. The molecule has 0 radical (unpaired) electrons. The molecule has 0 spiro atoms. The molecule has 1 amide bonds. The molecule has 23 heavy (non-hydrogen) atoms. The fourth-order valence-electron chi connectivity index (χ4n) is 2.83. The maximum Gasteiger partial charge on any atom is 0.308 e. The molecule has 1 heterocycles. The maximum absolute atomic E-state index is 12.1. The number of likely N-dealkylation sites (tertiary alicyclic amines) is 1. The van der Waals surface area contributed by atoms with Crippen molar-refractivity contribution >= 4 is 11.9 Å². The van der Waals surface area contributed by atoms with E-state index >= 15 is 0 Å². The van der Waals surface area contributed by atoms with Crippen molar-refractivity contribution in [2.24, 2.45) is 5.92 Å². The molecule has 0 aliphatic carbocycles. The number of benzene rings is 1. The Morgan fingerprint density at radius 1 is 1.30 bits per heavy atom. The van der Waals surface area contributed by atoms with E-state index in [0.29, 0.717) is 32.4 Å². The monoisotopic (exact) mass is 321 g/mol. The highest BCUT2D eigenvalue weighted by Gasteiger charge is 2.30. The van der Waals surface area contributed by atoms with Gasteiger partial charge in [0.25, 0.3) is 0 Å². The number of hydrogen-bond acceptors (Lipinski definition) is 4. The Labute approximate surface area is 136 Å². The van der Waals surface area contributed by atoms with Gasteiger partial charge in [-0.15, -0.1) is 0 Å². The van der Waals surface area contributed by atoms with Crippen LogP contribution in [0.1, 0.15) is 24.8 Å². The van der Waals surface area contributed by atoms with E-state index in [0.717, 1.165) is 23.5 Å². The average molecular weight is 321 g/mol. The summed E-state index contributed by atoms with van der Waals surface area (Å²) in [6, 6.07) is 5.64. The Balaban J connectivity index is 1.83. The minimum absolute atomic E-state index is 0.0289. The molecule has 1 aromatic rings. The highest BCUT2D eigenvalue weighted by atomic mass is 16.5. The second-order valence-electron chi connectivity index (χ2n) is 5.69. The van der Waals surface area contributed by atoms with Crippen molar-refractivity contribution in [1.29, 1.82) is 0 Å². The zero-order valence-electron chi connectivity index (χ0n) is 13.6. The van der Waals surface area contributed by atoms with Crippen LogP contribution >= 0.6 is 0 Å². The van der Waals surface area contributed by atoms with Crippen LogP contribution in [-0.2, 0) is 16.0 Å². The lowest BCUT2D eigenvalue weighted by molar-refractivity contribution is -0.141. The first-order valence-corrected chi connectivity index (χ1v) is 7.76. The Morgan fingerprint density at radius 2 is 2.09 bits per heavy atom. The standard InChI is InChI=1S/C17H23NO5/c1-22-14-7-6-12(15(10-14)23-2)4-3-5-16(19)18-9-8-13(11-18)17(20)21/h6-7,10,13H,3-5,8-9,11H2,1-2H3,(H,20,21). The van der Waals surface area contributed by atoms with E-state index in [1.807, 2.05) is 18.2 Å². The first-order chi connectivity index (χ1) is 11.0. The van der Waals surface area contributed by atoms with Crippen molar-refractivity contribution < 1.29 is 24.2 Å². The van der Waals surface area contributed by atoms with Gasteiger partial charge in [0.15, 0.2) is 0 Å². The van der Waals surface area contributed by atoms with Gasteiger partial charge in [0, 0.05) is 25.6 Å². The molecule has 2 rings (SSSR count). The molecule has 1 unspecified atom stereocenters. The average Bonchev–Trinajstić information content (AvgIpc) is 3.05. The number of carbonyl (C=O) groups is 2. The molecule has 0 aromatic heterocycles. The maximum atomic E-state index is 12.1. The molecule has 1 aromatic carbocycles. The van der Waals surface area contributed by atoms with Crippen LogP contribution in [-0.4, -0.2) is 49.2 Å². The normalized spacial score (nSPS) is 17.1. The van der Waals surface area contributed by atoms with Gasteiger partial charge in [0.05, 0.1) is 20.1 Å². The van der Waals surface area contributed by atoms with Gasteiger partial charge >= 0.3 is 5.97 Å². The van der Waals surface area contributed by atoms with E-state index in [-0.39, 0.29) is 5.91 Å². The zero-order chi connectivity index (χ0) is 16.8. The summed E-state index contributed by atoms with van der Waals surface area (Å²) >= 11 is 0. The molecule has 1 fully saturated rings. The van der Waals surface area contributed by atoms with Crippen LogP contribution in [0.3, 0.4) is 0 Å². The second-order valence-corrected chi connectivity index (χ2v) is 5.69. The molecule has 0 bridgehead atoms. The van der Waals surface area contributed by atoms with E-state index in [2.05, 4.69) is 0 Å². The first-order valence-electron chi connectivity index (χ1n) is 7.76. The summed E-state index contributed by atoms with van der Waals surface area (Å²) in [6.07, 6.45) is 2.40. The summed E-state index contributed by atoms with van der Waals surface area (Å²) in [7, 11) is 3.22. The lowest BCUT2D eigenvalue weighted by Crippen LogP contribution is -2.29. The van der Waals surface area contributed by atoms with Gasteiger partial charge < -0.3 is 19.5 Å². The van der Waals surface area contributed by atoms with Crippen LogP contribution in [0.4, 0.5) is 0 Å². The van der Waals surface area contributed by atoms with Crippen molar-refractivity contribution in [3.05, 3.63) is 23.8 Å². The minimum atomic E-state index is -0.816. The molecule has 1 saturated heterocycles. The quantitative estimate of drug-likeness (QED) is 0.831. The number of aliphatic carboxylic acids is 1. The molecule has 1 aliphatic rings. The number of amides is 1. The molecule has 6 nitrogen and oxygen atoms in total. The third-order valence-electron chi connectivity index (χ3n) is 4.22. The zero-order valence-corrected chi connectivity index (χ0v) is 13.6. The van der Waals surface area contributed by atoms with Gasteiger partial charge in [-0.25, -0.2) is 0 Å². The third-order valence-corrected chi connectivity index (χ3v) is 4.22. The molecular weight excluding hydrogens is 298 g/mol. The fourth-order valence-corrected chi connectivity index (χ4v) is 2.83. The summed E-state index contributed by atoms with van der Waals surface area (Å²) in [5.41, 5.74) is 1.03. The lowest BCUT2D eigenvalue weighted by Gasteiger charge is -2.16. The van der Waals surface area contributed by atoms with Crippen LogP contribution in [0, 0.1) is 5.92 Å². The summed E-state index contributed by atoms with van der Waals surface area (Å²) in [6.45, 7) is 0.877. The Bertz CT molecular complexity index is 572. The van der Waals surface area contributed by atoms with E-state index in [1.54, 1.807) is 19.1 Å². The van der Waals surface area contributed by atoms with Crippen LogP contribution in [0.15, 0.2) is 18.2 Å². The third kappa shape index (κ3) is 4.37. The topological polar surface area (TPSA) is 76.1 Å². The van der Waals surface area contributed by atoms with Gasteiger partial charge in [0.1, 0.15) is 11.5 Å². The Kier molecular flexibility index (Phi) is 5.84. The molecule has 1 atom stereocenters. The molecular formula is C17H23NO5. The van der Waals surface area contributed by atoms with Crippen molar-refractivity contribution in [2.45, 2.75) is 25.7 Å². The second kappa shape index (κ2) is 7.85. The SMILES string of the molecule is COc1ccc(CCCC(=O)N2CCC(C(=O)O)C2)c(OC)c1. The van der Waals surface area contributed by atoms with Gasteiger partial charge in [-0.05, 0) is 30.9 Å². The molecule has 0 saturated carbocycles. The number of carbonyl (C=O) groups excluding carboxylic acids is 1. The van der Waals surface area contributed by atoms with E-state index < -0.39 is 11.9 Å². The van der Waals surface area contributed by atoms with Crippen molar-refractivity contribution in [2.75, 3.05) is 27.3 Å². The number of aryl methyl sites for hydroxylation is 1. The van der Waals surface area contributed by atoms with Gasteiger partial charge in [0.2, 0.25) is 5.91 Å². The smallest absolute Gasteiger partial charge is 0.308 e. The van der Waals surface area contributed by atoms with Crippen molar-refractivity contribution in [3.63, 3.8) is 0 Å². The van der Waals surface area contributed by atoms with E-state index in [9.17, 15) is 9.59 Å². The van der Waals surface area contributed by atoms with Gasteiger partial charge in [-0.3, -0.25) is 9.59 Å². The van der Waals surface area contributed by atoms with Crippen LogP contribution in [0.2, 0.25) is 0 Å². The van der Waals surface area contributed by atoms with Crippen molar-refractivity contribution in [1.82, 2.24) is 4.90 Å². The summed E-state index contributed by atoms with van der Waals surface area (Å²) in [5, 5.41) is 8.98. The molecule has 1 N–H and O–H groups in total. The predicted molar refractivity (Wildman–Crippen MR) is 84.8 cm³/mol. The van der Waals surface area contributed by atoms with Crippen LogP contribution < -0.4 is 9.47 Å². The molecule has 126 valence electrons. The highest BCUT2D eigenvalue weighted by molar-refractivity contribution is 5.78. The number of hydrogen-bond donors (Lipinski definition) is 1. The Hall–Kier alpha value is -2.24. The van der Waals surface area contributed by atoms with Crippen LogP contribution in [0.25, 0.3) is 0 Å². The summed E-state index contributed by atoms with van der Waals surface area (Å²) < 4.78 is 10.5. The van der Waals surface area contributed by atoms with Gasteiger partial charge in [-0.2, -0.15) is 0 Å². The number of ether oxygens (including phenoxy) is 2. The minimum Gasteiger partial charge on any atom is -0.497 e. The van der Waals surface area contributed by atoms with Crippen molar-refractivity contribution in [3.8, 4) is 11.5 Å². The number of methoxy groups -OCH3 is 2. The molecule has 1 aliphatic heterocycles. The van der Waals surface area contributed by atoms with E-state index in [1.165, 1.54) is 0 Å². The number of rotatable bonds is 7. The fraction of sp³-hybridized carbons (Fsp3) is 0.529. The number of carboxylic acids is 1. The van der Waals surface area contributed by atoms with E-state index in [4.69, 9.17) is 14.6 Å². The highest BCUT2D eigenvalue weighted by Crippen LogP contribution is 2.26. The lowest BCUT2D eigenvalue weighted by atomic mass is 10.1. The predicted octanol–water partition coefficient (Wildman–Crippen LogP) is 1.96. The van der Waals surface area contributed by atoms with Crippen LogP contribution in [0.5, 0.6) is 11.5 Å². The summed E-state index contributed by atoms with van der Waals surface area (Å²) in [5.74, 6) is 0.285. The largest absolute Gasteiger partial charge is 0.497 e. The number of nitrogens with zero attached hydrogens (tertiary/aromatic N) is 1.